The van der Waals surface area contributed by atoms with Crippen LogP contribution in [-0.4, -0.2) is 0 Å². The Morgan fingerprint density at radius 2 is 0.918 bits per heavy atom. The van der Waals surface area contributed by atoms with Crippen molar-refractivity contribution in [1.82, 2.24) is 0 Å². The van der Waals surface area contributed by atoms with E-state index in [4.69, 9.17) is 31.8 Å². The summed E-state index contributed by atoms with van der Waals surface area (Å²) in [4.78, 5) is 0. The molecule has 10 aromatic rings. The van der Waals surface area contributed by atoms with Crippen molar-refractivity contribution in [2.24, 2.45) is 0 Å². The van der Waals surface area contributed by atoms with Crippen LogP contribution in [0.2, 0.25) is 0 Å². The summed E-state index contributed by atoms with van der Waals surface area (Å²) < 4.78 is 249. The summed E-state index contributed by atoms with van der Waals surface area (Å²) in [5.41, 5.74) is -3.98. The van der Waals surface area contributed by atoms with Crippen LogP contribution in [0.15, 0.2) is 186 Å². The zero-order chi connectivity index (χ0) is 55.8. The first-order valence-electron chi connectivity index (χ1n) is 28.1. The van der Waals surface area contributed by atoms with Gasteiger partial charge in [0.1, 0.15) is 11.3 Å². The van der Waals surface area contributed by atoms with Crippen LogP contribution < -0.4 is 0 Å². The first kappa shape index (κ1) is 11.9. The zero-order valence-corrected chi connectivity index (χ0v) is 24.6. The summed E-state index contributed by atoms with van der Waals surface area (Å²) in [6.07, 6.45) is 0. The first-order valence-corrected chi connectivity index (χ1v) is 14.6. The van der Waals surface area contributed by atoms with Gasteiger partial charge in [0.2, 0.25) is 0 Å². The lowest BCUT2D eigenvalue weighted by Crippen LogP contribution is -1.92. The Bertz CT molecular complexity index is 4290. The summed E-state index contributed by atoms with van der Waals surface area (Å²) in [6.45, 7) is 0. The Morgan fingerprint density at radius 3 is 1.61 bits per heavy atom. The molecule has 0 radical (unpaired) electrons. The lowest BCUT2D eigenvalue weighted by Gasteiger charge is -2.18. The Labute approximate surface area is 322 Å². The molecule has 0 fully saturated rings. The molecule has 0 saturated heterocycles. The van der Waals surface area contributed by atoms with E-state index in [1.807, 2.05) is 0 Å². The van der Waals surface area contributed by atoms with Crippen molar-refractivity contribution in [3.8, 4) is 44.7 Å². The molecule has 49 heavy (non-hydrogen) atoms. The normalized spacial score (nSPS) is 19.4. The molecule has 0 spiro atoms. The maximum absolute atomic E-state index is 9.68. The molecule has 0 aliphatic heterocycles. The van der Waals surface area contributed by atoms with Crippen LogP contribution in [0.25, 0.3) is 98.8 Å². The molecule has 0 unspecified atom stereocenters. The van der Waals surface area contributed by atoms with Crippen molar-refractivity contribution < 1.29 is 41.4 Å². The Hall–Kier alpha value is -6.44. The highest BCUT2D eigenvalue weighted by Crippen LogP contribution is 2.51. The second kappa shape index (κ2) is 11.1. The Kier molecular flexibility index (Phi) is 2.69. The average Bonchev–Trinajstić information content (AvgIpc) is 3.90. The fourth-order valence-corrected chi connectivity index (χ4v) is 6.21. The van der Waals surface area contributed by atoms with E-state index in [0.29, 0.717) is 0 Å². The summed E-state index contributed by atoms with van der Waals surface area (Å²) in [6, 6.07) is -20.0. The van der Waals surface area contributed by atoms with Crippen molar-refractivity contribution in [2.75, 3.05) is 0 Å². The molecule has 0 saturated carbocycles. The third kappa shape index (κ3) is 4.33. The SMILES string of the molecule is [2H]c1c([2H])c([2H])c(-c2ccc3oc(-c4c([2H])c([2H])c([2H])c5c([2H])c([2H])c6c([2H])c([2H])c([2H])c([2H])c6c45)c(-c4c5c([2H])c([2H])c([2H])c([2H])c5c(-c5c([2H])c([2H])c([2H])c([2H])c5[2H])c5c([2H])c([2H])c([2H])c([2H])c45)c3c2)c([2H])c1[2H]. The minimum atomic E-state index is -0.970. The first-order chi connectivity index (χ1) is 35.5. The van der Waals surface area contributed by atoms with Crippen LogP contribution in [0.1, 0.15) is 37.0 Å². The molecule has 10 rings (SSSR count). The Morgan fingerprint density at radius 1 is 0.367 bits per heavy atom. The standard InChI is InChI=1S/C48H30O/c1-3-14-31(15-4-1)35-28-29-43-42(30-35)47(48(49-43)41-25-13-19-34-27-26-32-16-7-8-20-36(32)44(34)41)46-39-23-11-9-21-37(39)45(33-17-5-2-6-18-33)38-22-10-12-24-40(38)46/h1-30H/i1D,2D,3D,4D,5D,6D,7D,8D,9D,10D,11D,12D,13D,14D,15D,16D,17D,18D,19D,20D,21D,22D,23D,24D,25D,26D,27D. The molecule has 0 aliphatic carbocycles. The molecule has 0 N–H and O–H groups in total. The van der Waals surface area contributed by atoms with Gasteiger partial charge in [0, 0.05) is 27.5 Å². The minimum Gasteiger partial charge on any atom is -0.455 e. The van der Waals surface area contributed by atoms with Crippen molar-refractivity contribution in [2.45, 2.75) is 0 Å². The molecule has 0 aliphatic rings. The smallest absolute Gasteiger partial charge is 0.143 e. The highest BCUT2D eigenvalue weighted by molar-refractivity contribution is 6.26. The van der Waals surface area contributed by atoms with Crippen LogP contribution in [0, 0.1) is 0 Å². The molecule has 9 aromatic carbocycles. The number of fused-ring (bicyclic) bond motifs is 6. The predicted molar refractivity (Wildman–Crippen MR) is 208 cm³/mol. The van der Waals surface area contributed by atoms with Crippen LogP contribution in [-0.2, 0) is 0 Å². The minimum absolute atomic E-state index is 0.142. The van der Waals surface area contributed by atoms with Gasteiger partial charge in [0.25, 0.3) is 0 Å². The molecule has 1 heteroatoms. The highest BCUT2D eigenvalue weighted by atomic mass is 16.3. The third-order valence-corrected chi connectivity index (χ3v) is 8.20. The quantitative estimate of drug-likeness (QED) is 0.137. The van der Waals surface area contributed by atoms with Crippen LogP contribution in [0.5, 0.6) is 0 Å². The van der Waals surface area contributed by atoms with Gasteiger partial charge in [-0.2, -0.15) is 0 Å². The molecule has 0 amide bonds. The second-order valence-corrected chi connectivity index (χ2v) is 10.8. The molecule has 0 atom stereocenters. The molecule has 1 nitrogen and oxygen atoms in total. The van der Waals surface area contributed by atoms with Crippen molar-refractivity contribution >= 4 is 54.1 Å². The van der Waals surface area contributed by atoms with Crippen molar-refractivity contribution in [3.05, 3.63) is 181 Å². The summed E-state index contributed by atoms with van der Waals surface area (Å²) in [5.74, 6) is -0.680. The number of hydrogen-bond acceptors (Lipinski definition) is 1. The van der Waals surface area contributed by atoms with Gasteiger partial charge in [-0.1, -0.05) is 169 Å². The van der Waals surface area contributed by atoms with Crippen LogP contribution >= 0.6 is 0 Å². The van der Waals surface area contributed by atoms with Gasteiger partial charge < -0.3 is 4.42 Å². The van der Waals surface area contributed by atoms with Gasteiger partial charge in [0.05, 0.1) is 37.0 Å². The number of hydrogen-bond donors (Lipinski definition) is 0. The maximum Gasteiger partial charge on any atom is 0.143 e. The van der Waals surface area contributed by atoms with Gasteiger partial charge >= 0.3 is 0 Å². The van der Waals surface area contributed by atoms with Gasteiger partial charge in [-0.3, -0.25) is 0 Å². The van der Waals surface area contributed by atoms with E-state index in [-0.39, 0.29) is 22.1 Å². The lowest BCUT2D eigenvalue weighted by atomic mass is 9.84. The van der Waals surface area contributed by atoms with E-state index in [0.717, 1.165) is 0 Å². The topological polar surface area (TPSA) is 13.1 Å². The van der Waals surface area contributed by atoms with Gasteiger partial charge in [0.15, 0.2) is 0 Å². The van der Waals surface area contributed by atoms with E-state index < -0.39 is 240 Å². The second-order valence-electron chi connectivity index (χ2n) is 10.8. The Balaban J connectivity index is 1.60. The van der Waals surface area contributed by atoms with E-state index in [1.165, 1.54) is 18.2 Å². The average molecular weight is 650 g/mol. The lowest BCUT2D eigenvalue weighted by molar-refractivity contribution is 0.633. The van der Waals surface area contributed by atoms with Gasteiger partial charge in [-0.05, 0) is 72.1 Å². The van der Waals surface area contributed by atoms with Gasteiger partial charge in [-0.15, -0.1) is 0 Å². The van der Waals surface area contributed by atoms with Crippen LogP contribution in [0.4, 0.5) is 0 Å². The monoisotopic (exact) mass is 649 g/mol. The number of rotatable bonds is 4. The molecule has 1 heterocycles. The molecule has 0 bridgehead atoms. The van der Waals surface area contributed by atoms with E-state index in [1.54, 1.807) is 0 Å². The van der Waals surface area contributed by atoms with Crippen LogP contribution in [0.3, 0.4) is 0 Å². The molecular weight excluding hydrogens is 593 g/mol. The number of benzene rings is 9. The predicted octanol–water partition coefficient (Wildman–Crippen LogP) is 13.7. The van der Waals surface area contributed by atoms with E-state index >= 15 is 0 Å². The third-order valence-electron chi connectivity index (χ3n) is 8.20. The summed E-state index contributed by atoms with van der Waals surface area (Å²) in [5, 5.41) is -5.18. The van der Waals surface area contributed by atoms with E-state index in [9.17, 15) is 9.60 Å². The van der Waals surface area contributed by atoms with Crippen molar-refractivity contribution in [1.29, 1.82) is 0 Å². The van der Waals surface area contributed by atoms with Crippen molar-refractivity contribution in [3.63, 3.8) is 0 Å². The fraction of sp³-hybridized carbons (Fsp3) is 0. The largest absolute Gasteiger partial charge is 0.455 e. The fourth-order valence-electron chi connectivity index (χ4n) is 6.21. The molecule has 1 aromatic heterocycles. The molecule has 228 valence electrons. The molecular formula is C48H30O. The van der Waals surface area contributed by atoms with E-state index in [2.05, 4.69) is 0 Å². The summed E-state index contributed by atoms with van der Waals surface area (Å²) in [7, 11) is 0. The number of furan rings is 1. The van der Waals surface area contributed by atoms with Gasteiger partial charge in [-0.25, -0.2) is 0 Å². The zero-order valence-electron chi connectivity index (χ0n) is 51.6. The summed E-state index contributed by atoms with van der Waals surface area (Å²) >= 11 is 0. The maximum atomic E-state index is 9.68. The highest BCUT2D eigenvalue weighted by Gasteiger charge is 2.25.